The first kappa shape index (κ1) is 25.8. The Balaban J connectivity index is 0.000000508. The molecule has 1 amide bonds. The van der Waals surface area contributed by atoms with Gasteiger partial charge in [0.15, 0.2) is 0 Å². The van der Waals surface area contributed by atoms with E-state index in [1.807, 2.05) is 37.3 Å². The third-order valence-corrected chi connectivity index (χ3v) is 4.15. The van der Waals surface area contributed by atoms with Crippen molar-refractivity contribution in [1.82, 2.24) is 15.6 Å². The van der Waals surface area contributed by atoms with Crippen LogP contribution in [0.4, 0.5) is 0 Å². The first-order chi connectivity index (χ1) is 14.9. The second-order valence-corrected chi connectivity index (χ2v) is 7.14. The van der Waals surface area contributed by atoms with E-state index in [-0.39, 0.29) is 12.5 Å². The average molecular weight is 426 g/mol. The molecule has 1 fully saturated rings. The zero-order chi connectivity index (χ0) is 23.2. The number of aryl methyl sites for hydroxylation is 1. The maximum Gasteiger partial charge on any atom is 0.269 e. The van der Waals surface area contributed by atoms with Gasteiger partial charge in [0.25, 0.3) is 5.91 Å². The highest BCUT2D eigenvalue weighted by atomic mass is 16.5. The van der Waals surface area contributed by atoms with E-state index in [9.17, 15) is 4.79 Å². The molecule has 2 aromatic rings. The quantitative estimate of drug-likeness (QED) is 0.485. The fraction of sp³-hybridized carbons (Fsp3) is 0.375. The number of hydrogen-bond donors (Lipinski definition) is 4. The summed E-state index contributed by atoms with van der Waals surface area (Å²) >= 11 is 0. The van der Waals surface area contributed by atoms with Crippen LogP contribution in [0.25, 0.3) is 0 Å². The van der Waals surface area contributed by atoms with Crippen molar-refractivity contribution in [2.45, 2.75) is 39.2 Å². The standard InChI is InChI=1S/C18H21N3O2.C5H9N.CH5N/c1-12-7-15(21-17(8-12)18(22)20-3)9-14-5-4-6-16(10-14)23-11-13(2)19;1-2-6-5-3-4-5;1-2/h4-8,10,19H,9,11H2,1-3H3,(H,20,22);2,5-6H,1,3-4H2;2H2,1H3. The molecule has 0 radical (unpaired) electrons. The molecule has 1 aromatic carbocycles. The molecule has 0 saturated heterocycles. The first-order valence-electron chi connectivity index (χ1n) is 10.3. The van der Waals surface area contributed by atoms with Crippen LogP contribution in [-0.4, -0.2) is 43.3 Å². The normalized spacial score (nSPS) is 11.6. The van der Waals surface area contributed by atoms with E-state index in [4.69, 9.17) is 10.1 Å². The Morgan fingerprint density at radius 1 is 1.32 bits per heavy atom. The highest BCUT2D eigenvalue weighted by Gasteiger charge is 2.18. The van der Waals surface area contributed by atoms with E-state index in [1.165, 1.54) is 19.9 Å². The third kappa shape index (κ3) is 10.4. The number of aromatic nitrogens is 1. The van der Waals surface area contributed by atoms with Gasteiger partial charge in [-0.25, -0.2) is 4.98 Å². The van der Waals surface area contributed by atoms with E-state index in [2.05, 4.69) is 27.9 Å². The van der Waals surface area contributed by atoms with Gasteiger partial charge < -0.3 is 26.5 Å². The lowest BCUT2D eigenvalue weighted by molar-refractivity contribution is 0.0958. The number of carbonyl (C=O) groups excluding carboxylic acids is 1. The van der Waals surface area contributed by atoms with Crippen molar-refractivity contribution in [1.29, 1.82) is 5.41 Å². The fourth-order valence-electron chi connectivity index (χ4n) is 2.64. The Hall–Kier alpha value is -3.19. The van der Waals surface area contributed by atoms with Crippen molar-refractivity contribution in [3.05, 3.63) is 71.7 Å². The summed E-state index contributed by atoms with van der Waals surface area (Å²) in [5.41, 5.74) is 8.29. The molecule has 31 heavy (non-hydrogen) atoms. The SMILES string of the molecule is C=CNC1CC1.CN.CNC(=O)c1cc(C)cc(Cc2cccc(OCC(C)=N)c2)n1. The maximum atomic E-state index is 11.8. The lowest BCUT2D eigenvalue weighted by Gasteiger charge is -2.09. The molecule has 1 aromatic heterocycles. The maximum absolute atomic E-state index is 11.8. The topological polar surface area (TPSA) is 113 Å². The van der Waals surface area contributed by atoms with Crippen molar-refractivity contribution in [3.63, 3.8) is 0 Å². The number of nitrogens with zero attached hydrogens (tertiary/aromatic N) is 1. The minimum Gasteiger partial charge on any atom is -0.488 e. The summed E-state index contributed by atoms with van der Waals surface area (Å²) in [5.74, 6) is 0.543. The number of rotatable bonds is 8. The first-order valence-corrected chi connectivity index (χ1v) is 10.3. The van der Waals surface area contributed by atoms with Crippen LogP contribution in [0.5, 0.6) is 5.75 Å². The number of pyridine rings is 1. The van der Waals surface area contributed by atoms with Crippen molar-refractivity contribution in [2.75, 3.05) is 20.7 Å². The molecule has 1 aliphatic carbocycles. The van der Waals surface area contributed by atoms with Crippen LogP contribution >= 0.6 is 0 Å². The van der Waals surface area contributed by atoms with E-state index in [0.29, 0.717) is 17.8 Å². The summed E-state index contributed by atoms with van der Waals surface area (Å²) in [7, 11) is 3.10. The van der Waals surface area contributed by atoms with Crippen molar-refractivity contribution in [3.8, 4) is 5.75 Å². The molecule has 0 spiro atoms. The number of ether oxygens (including phenoxy) is 1. The van der Waals surface area contributed by atoms with Gasteiger partial charge in [-0.1, -0.05) is 18.7 Å². The minimum atomic E-state index is -0.187. The number of amides is 1. The van der Waals surface area contributed by atoms with Gasteiger partial charge in [-0.2, -0.15) is 0 Å². The van der Waals surface area contributed by atoms with Gasteiger partial charge in [0, 0.05) is 30.9 Å². The Morgan fingerprint density at radius 2 is 2.03 bits per heavy atom. The third-order valence-electron chi connectivity index (χ3n) is 4.15. The van der Waals surface area contributed by atoms with Crippen molar-refractivity contribution in [2.24, 2.45) is 5.73 Å². The van der Waals surface area contributed by atoms with Gasteiger partial charge in [0.05, 0.1) is 0 Å². The fourth-order valence-corrected chi connectivity index (χ4v) is 2.64. The molecule has 0 atom stereocenters. The Morgan fingerprint density at radius 3 is 2.58 bits per heavy atom. The van der Waals surface area contributed by atoms with Gasteiger partial charge in [0.2, 0.25) is 0 Å². The Labute approximate surface area is 185 Å². The number of nitrogens with one attached hydrogen (secondary N) is 3. The summed E-state index contributed by atoms with van der Waals surface area (Å²) in [6.07, 6.45) is 5.06. The molecule has 3 rings (SSSR count). The number of benzene rings is 1. The highest BCUT2D eigenvalue weighted by molar-refractivity contribution is 5.92. The zero-order valence-electron chi connectivity index (χ0n) is 19.0. The molecule has 7 heteroatoms. The van der Waals surface area contributed by atoms with E-state index >= 15 is 0 Å². The molecule has 0 aliphatic heterocycles. The smallest absolute Gasteiger partial charge is 0.269 e. The lowest BCUT2D eigenvalue weighted by Crippen LogP contribution is -2.20. The van der Waals surface area contributed by atoms with Crippen LogP contribution in [-0.2, 0) is 6.42 Å². The van der Waals surface area contributed by atoms with E-state index in [0.717, 1.165) is 28.6 Å². The van der Waals surface area contributed by atoms with E-state index in [1.54, 1.807) is 26.2 Å². The second kappa shape index (κ2) is 13.9. The monoisotopic (exact) mass is 425 g/mol. The van der Waals surface area contributed by atoms with Crippen molar-refractivity contribution < 1.29 is 9.53 Å². The average Bonchev–Trinajstić information content (AvgIpc) is 3.58. The summed E-state index contributed by atoms with van der Waals surface area (Å²) in [5, 5.41) is 13.1. The molecular weight excluding hydrogens is 390 g/mol. The van der Waals surface area contributed by atoms with Crippen LogP contribution in [0.3, 0.4) is 0 Å². The number of hydrogen-bond acceptors (Lipinski definition) is 6. The van der Waals surface area contributed by atoms with Gasteiger partial charge in [-0.15, -0.1) is 0 Å². The summed E-state index contributed by atoms with van der Waals surface area (Å²) in [6.45, 7) is 7.47. The summed E-state index contributed by atoms with van der Waals surface area (Å²) in [6, 6.07) is 12.2. The van der Waals surface area contributed by atoms with Crippen LogP contribution < -0.4 is 21.1 Å². The van der Waals surface area contributed by atoms with Crippen molar-refractivity contribution >= 4 is 11.6 Å². The van der Waals surface area contributed by atoms with Gasteiger partial charge in [-0.05, 0) is 75.3 Å². The predicted octanol–water partition coefficient (Wildman–Crippen LogP) is 3.22. The second-order valence-electron chi connectivity index (χ2n) is 7.14. The lowest BCUT2D eigenvalue weighted by atomic mass is 10.1. The Kier molecular flexibility index (Phi) is 11.6. The predicted molar refractivity (Wildman–Crippen MR) is 127 cm³/mol. The molecule has 1 aliphatic rings. The molecule has 1 heterocycles. The number of carbonyl (C=O) groups is 1. The van der Waals surface area contributed by atoms with Crippen LogP contribution in [0.1, 0.15) is 47.1 Å². The van der Waals surface area contributed by atoms with E-state index < -0.39 is 0 Å². The van der Waals surface area contributed by atoms with Crippen LogP contribution in [0, 0.1) is 12.3 Å². The number of nitrogens with two attached hydrogens (primary N) is 1. The summed E-state index contributed by atoms with van der Waals surface area (Å²) < 4.78 is 5.54. The molecular formula is C24H35N5O2. The highest BCUT2D eigenvalue weighted by Crippen LogP contribution is 2.18. The Bertz CT molecular complexity index is 863. The molecule has 0 bridgehead atoms. The molecule has 0 unspecified atom stereocenters. The molecule has 1 saturated carbocycles. The zero-order valence-corrected chi connectivity index (χ0v) is 19.0. The molecule has 5 N–H and O–H groups in total. The molecule has 168 valence electrons. The van der Waals surface area contributed by atoms with Crippen LogP contribution in [0.15, 0.2) is 49.2 Å². The van der Waals surface area contributed by atoms with Gasteiger partial charge >= 0.3 is 0 Å². The minimum absolute atomic E-state index is 0.187. The van der Waals surface area contributed by atoms with Gasteiger partial charge in [-0.3, -0.25) is 4.79 Å². The van der Waals surface area contributed by atoms with Gasteiger partial charge in [0.1, 0.15) is 18.1 Å². The molecule has 7 nitrogen and oxygen atoms in total. The largest absolute Gasteiger partial charge is 0.488 e. The van der Waals surface area contributed by atoms with Crippen LogP contribution in [0.2, 0.25) is 0 Å². The summed E-state index contributed by atoms with van der Waals surface area (Å²) in [4.78, 5) is 16.2.